The lowest BCUT2D eigenvalue weighted by Crippen LogP contribution is -2.51. The Bertz CT molecular complexity index is 550. The lowest BCUT2D eigenvalue weighted by atomic mass is 10.0. The Kier molecular flexibility index (Phi) is 7.12. The number of oxime groups is 1. The van der Waals surface area contributed by atoms with Gasteiger partial charge in [-0.1, -0.05) is 16.8 Å². The highest BCUT2D eigenvalue weighted by Gasteiger charge is 2.28. The largest absolute Gasteiger partial charge is 0.399 e. The fraction of sp³-hybridized carbons (Fsp3) is 0.538. The van der Waals surface area contributed by atoms with Crippen molar-refractivity contribution in [2.75, 3.05) is 20.2 Å². The van der Waals surface area contributed by atoms with Crippen molar-refractivity contribution < 1.29 is 14.0 Å². The zero-order valence-corrected chi connectivity index (χ0v) is 13.9. The van der Waals surface area contributed by atoms with E-state index in [-0.39, 0.29) is 24.6 Å². The Morgan fingerprint density at radius 3 is 2.95 bits per heavy atom. The van der Waals surface area contributed by atoms with Crippen molar-refractivity contribution in [1.29, 1.82) is 0 Å². The first-order chi connectivity index (χ1) is 10.0. The maximum atomic E-state index is 13.8. The van der Waals surface area contributed by atoms with Gasteiger partial charge in [-0.15, -0.1) is 12.4 Å². The number of hydrogen-bond acceptors (Lipinski definition) is 4. The highest BCUT2D eigenvalue weighted by molar-refractivity contribution is 6.34. The van der Waals surface area contributed by atoms with Gasteiger partial charge in [-0.3, -0.25) is 4.79 Å². The first-order valence-corrected chi connectivity index (χ1v) is 7.02. The van der Waals surface area contributed by atoms with Crippen molar-refractivity contribution in [3.8, 4) is 0 Å². The number of H-pyrrole nitrogens is 1. The van der Waals surface area contributed by atoms with E-state index in [0.29, 0.717) is 29.2 Å². The molecule has 124 valence electrons. The quantitative estimate of drug-likeness (QED) is 0.571. The van der Waals surface area contributed by atoms with Gasteiger partial charge in [-0.25, -0.2) is 4.39 Å². The van der Waals surface area contributed by atoms with Gasteiger partial charge < -0.3 is 20.5 Å². The van der Waals surface area contributed by atoms with Crippen LogP contribution in [0.5, 0.6) is 0 Å². The van der Waals surface area contributed by atoms with Gasteiger partial charge in [0.15, 0.2) is 0 Å². The van der Waals surface area contributed by atoms with Gasteiger partial charge in [0, 0.05) is 17.8 Å². The fourth-order valence-electron chi connectivity index (χ4n) is 2.25. The molecule has 1 saturated heterocycles. The summed E-state index contributed by atoms with van der Waals surface area (Å²) in [5.74, 6) is -0.405. The van der Waals surface area contributed by atoms with E-state index >= 15 is 0 Å². The average Bonchev–Trinajstić information content (AvgIpc) is 2.75. The summed E-state index contributed by atoms with van der Waals surface area (Å²) in [5, 5.41) is 9.65. The normalized spacial score (nSPS) is 21.5. The molecule has 1 fully saturated rings. The summed E-state index contributed by atoms with van der Waals surface area (Å²) in [6, 6.07) is -0.506. The molecular formula is C13H19Cl2FN4O2. The molecule has 6 nitrogen and oxygen atoms in total. The van der Waals surface area contributed by atoms with Crippen LogP contribution in [0.2, 0.25) is 5.02 Å². The second kappa shape index (κ2) is 8.36. The van der Waals surface area contributed by atoms with Crippen LogP contribution in [0.1, 0.15) is 28.2 Å². The number of carbonyl (C=O) groups is 1. The number of rotatable bonds is 4. The Hall–Kier alpha value is -1.31. The Labute approximate surface area is 139 Å². The van der Waals surface area contributed by atoms with Gasteiger partial charge in [-0.05, 0) is 19.9 Å². The first-order valence-electron chi connectivity index (χ1n) is 6.64. The van der Waals surface area contributed by atoms with E-state index in [1.807, 2.05) is 0 Å². The average molecular weight is 353 g/mol. The third-order valence-corrected chi connectivity index (χ3v) is 3.87. The number of aromatic amines is 1. The molecule has 9 heteroatoms. The summed E-state index contributed by atoms with van der Waals surface area (Å²) in [5.41, 5.74) is 1.32. The van der Waals surface area contributed by atoms with E-state index in [9.17, 15) is 9.18 Å². The molecule has 0 saturated carbocycles. The van der Waals surface area contributed by atoms with Crippen LogP contribution in [0.3, 0.4) is 0 Å². The van der Waals surface area contributed by atoms with E-state index < -0.39 is 18.1 Å². The SMILES string of the molecule is CON=Cc1c(C(=O)N[C@@H]2CCNC[C@H]2F)[nH]c(C)c1Cl.Cl. The number of nitrogens with zero attached hydrogens (tertiary/aromatic N) is 1. The van der Waals surface area contributed by atoms with Gasteiger partial charge in [0.1, 0.15) is 19.0 Å². The second-order valence-corrected chi connectivity index (χ2v) is 5.24. The number of halogens is 3. The van der Waals surface area contributed by atoms with Crippen LogP contribution in [-0.4, -0.2) is 49.5 Å². The van der Waals surface area contributed by atoms with E-state index in [1.54, 1.807) is 6.92 Å². The molecule has 1 aromatic rings. The van der Waals surface area contributed by atoms with Crippen molar-refractivity contribution in [3.05, 3.63) is 22.0 Å². The van der Waals surface area contributed by atoms with Crippen LogP contribution >= 0.6 is 24.0 Å². The monoisotopic (exact) mass is 352 g/mol. The van der Waals surface area contributed by atoms with Crippen LogP contribution in [0.15, 0.2) is 5.16 Å². The first kappa shape index (κ1) is 18.7. The lowest BCUT2D eigenvalue weighted by Gasteiger charge is -2.27. The number of carbonyl (C=O) groups excluding carboxylic acids is 1. The minimum atomic E-state index is -1.11. The molecule has 1 aliphatic heterocycles. The van der Waals surface area contributed by atoms with Crippen LogP contribution in [0, 0.1) is 6.92 Å². The molecule has 2 heterocycles. The van der Waals surface area contributed by atoms with Gasteiger partial charge in [-0.2, -0.15) is 0 Å². The number of alkyl halides is 1. The van der Waals surface area contributed by atoms with Crippen molar-refractivity contribution in [3.63, 3.8) is 0 Å². The summed E-state index contributed by atoms with van der Waals surface area (Å²) in [6.45, 7) is 2.66. The molecule has 0 aliphatic carbocycles. The summed E-state index contributed by atoms with van der Waals surface area (Å²) in [7, 11) is 1.40. The van der Waals surface area contributed by atoms with Crippen molar-refractivity contribution in [1.82, 2.24) is 15.6 Å². The highest BCUT2D eigenvalue weighted by atomic mass is 35.5. The van der Waals surface area contributed by atoms with Crippen LogP contribution in [0.25, 0.3) is 0 Å². The number of hydrogen-bond donors (Lipinski definition) is 3. The number of amides is 1. The maximum absolute atomic E-state index is 13.8. The summed E-state index contributed by atoms with van der Waals surface area (Å²) < 4.78 is 13.8. The molecule has 2 rings (SSSR count). The van der Waals surface area contributed by atoms with E-state index in [2.05, 4.69) is 25.6 Å². The predicted molar refractivity (Wildman–Crippen MR) is 86.0 cm³/mol. The molecule has 0 radical (unpaired) electrons. The summed E-state index contributed by atoms with van der Waals surface area (Å²) in [4.78, 5) is 19.8. The molecule has 2 atom stereocenters. The van der Waals surface area contributed by atoms with Gasteiger partial charge >= 0.3 is 0 Å². The smallest absolute Gasteiger partial charge is 0.268 e. The zero-order valence-electron chi connectivity index (χ0n) is 12.3. The van der Waals surface area contributed by atoms with Gasteiger partial charge in [0.2, 0.25) is 0 Å². The van der Waals surface area contributed by atoms with Crippen LogP contribution < -0.4 is 10.6 Å². The molecular weight excluding hydrogens is 334 g/mol. The second-order valence-electron chi connectivity index (χ2n) is 4.86. The third kappa shape index (κ3) is 4.12. The minimum Gasteiger partial charge on any atom is -0.399 e. The minimum absolute atomic E-state index is 0. The predicted octanol–water partition coefficient (Wildman–Crippen LogP) is 1.81. The van der Waals surface area contributed by atoms with Crippen LogP contribution in [0.4, 0.5) is 4.39 Å². The van der Waals surface area contributed by atoms with Gasteiger partial charge in [0.25, 0.3) is 5.91 Å². The molecule has 1 aliphatic rings. The molecule has 0 spiro atoms. The fourth-order valence-corrected chi connectivity index (χ4v) is 2.44. The van der Waals surface area contributed by atoms with E-state index in [0.717, 1.165) is 0 Å². The van der Waals surface area contributed by atoms with Gasteiger partial charge in [0.05, 0.1) is 17.3 Å². The molecule has 1 amide bonds. The Morgan fingerprint density at radius 2 is 2.32 bits per heavy atom. The molecule has 22 heavy (non-hydrogen) atoms. The summed E-state index contributed by atoms with van der Waals surface area (Å²) >= 11 is 6.12. The molecule has 3 N–H and O–H groups in total. The standard InChI is InChI=1S/C13H18ClFN4O2.ClH/c1-7-11(14)8(5-17-21-2)12(18-7)13(20)19-10-3-4-16-6-9(10)15;/h5,9-10,16,18H,3-4,6H2,1-2H3,(H,19,20);1H/t9-,10-;/m1./s1. The maximum Gasteiger partial charge on any atom is 0.268 e. The van der Waals surface area contributed by atoms with Crippen LogP contribution in [-0.2, 0) is 4.84 Å². The topological polar surface area (TPSA) is 78.5 Å². The molecule has 0 aromatic carbocycles. The summed E-state index contributed by atoms with van der Waals surface area (Å²) in [6.07, 6.45) is 0.795. The number of aryl methyl sites for hydroxylation is 1. The lowest BCUT2D eigenvalue weighted by molar-refractivity contribution is 0.0887. The van der Waals surface area contributed by atoms with E-state index in [1.165, 1.54) is 13.3 Å². The van der Waals surface area contributed by atoms with Crippen molar-refractivity contribution >= 4 is 36.1 Å². The van der Waals surface area contributed by atoms with Crippen molar-refractivity contribution in [2.24, 2.45) is 5.16 Å². The third-order valence-electron chi connectivity index (χ3n) is 3.39. The van der Waals surface area contributed by atoms with Crippen molar-refractivity contribution in [2.45, 2.75) is 25.6 Å². The number of nitrogens with one attached hydrogen (secondary N) is 3. The number of piperidine rings is 1. The van der Waals surface area contributed by atoms with E-state index in [4.69, 9.17) is 11.6 Å². The molecule has 0 bridgehead atoms. The molecule has 0 unspecified atom stereocenters. The molecule has 1 aromatic heterocycles. The Balaban J connectivity index is 0.00000242. The highest BCUT2D eigenvalue weighted by Crippen LogP contribution is 2.23. The Morgan fingerprint density at radius 1 is 1.59 bits per heavy atom. The number of aromatic nitrogens is 1. The zero-order chi connectivity index (χ0) is 15.4.